The van der Waals surface area contributed by atoms with Gasteiger partial charge in [-0.1, -0.05) is 23.2 Å². The van der Waals surface area contributed by atoms with E-state index >= 15 is 0 Å². The third-order valence-corrected chi connectivity index (χ3v) is 3.09. The Morgan fingerprint density at radius 1 is 1.20 bits per heavy atom. The van der Waals surface area contributed by atoms with Crippen molar-refractivity contribution < 1.29 is 0 Å². The van der Waals surface area contributed by atoms with Crippen LogP contribution in [0.5, 0.6) is 0 Å². The smallest absolute Gasteiger partial charge is 0.0424 e. The van der Waals surface area contributed by atoms with Gasteiger partial charge in [0, 0.05) is 16.6 Å². The molecular weight excluding hydrogens is 249 g/mol. The third kappa shape index (κ3) is 5.67. The first-order chi connectivity index (χ1) is 7.22. The molecular formula is C11H15Cl2NS. The van der Waals surface area contributed by atoms with Crippen LogP contribution >= 0.6 is 35.0 Å². The molecule has 0 saturated carbocycles. The fourth-order valence-electron chi connectivity index (χ4n) is 1.29. The topological polar surface area (TPSA) is 12.0 Å². The molecule has 1 aromatic carbocycles. The van der Waals surface area contributed by atoms with Crippen LogP contribution in [0.1, 0.15) is 12.0 Å². The number of halogens is 2. The molecule has 0 bridgehead atoms. The zero-order valence-electron chi connectivity index (χ0n) is 8.72. The van der Waals surface area contributed by atoms with E-state index in [1.807, 2.05) is 23.9 Å². The van der Waals surface area contributed by atoms with E-state index in [1.165, 1.54) is 12.2 Å². The molecule has 1 aromatic rings. The second kappa shape index (κ2) is 7.39. The van der Waals surface area contributed by atoms with Crippen LogP contribution in [0.15, 0.2) is 18.2 Å². The SMILES string of the molecule is CSCCCNCc1cc(Cl)cc(Cl)c1. The highest BCUT2D eigenvalue weighted by molar-refractivity contribution is 7.98. The van der Waals surface area contributed by atoms with Gasteiger partial charge in [-0.05, 0) is 48.7 Å². The van der Waals surface area contributed by atoms with Crippen LogP contribution in [-0.4, -0.2) is 18.6 Å². The molecule has 84 valence electrons. The molecule has 0 atom stereocenters. The summed E-state index contributed by atoms with van der Waals surface area (Å²) in [6, 6.07) is 5.63. The highest BCUT2D eigenvalue weighted by Crippen LogP contribution is 2.18. The predicted molar refractivity (Wildman–Crippen MR) is 71.2 cm³/mol. The van der Waals surface area contributed by atoms with Gasteiger partial charge in [-0.2, -0.15) is 11.8 Å². The van der Waals surface area contributed by atoms with Crippen LogP contribution in [0.25, 0.3) is 0 Å². The maximum absolute atomic E-state index is 5.90. The number of hydrogen-bond donors (Lipinski definition) is 1. The van der Waals surface area contributed by atoms with Gasteiger partial charge < -0.3 is 5.32 Å². The van der Waals surface area contributed by atoms with Crippen LogP contribution in [0.3, 0.4) is 0 Å². The minimum Gasteiger partial charge on any atom is -0.313 e. The molecule has 0 radical (unpaired) electrons. The van der Waals surface area contributed by atoms with E-state index in [4.69, 9.17) is 23.2 Å². The van der Waals surface area contributed by atoms with Crippen molar-refractivity contribution in [1.82, 2.24) is 5.32 Å². The quantitative estimate of drug-likeness (QED) is 0.783. The van der Waals surface area contributed by atoms with Gasteiger partial charge in [-0.25, -0.2) is 0 Å². The monoisotopic (exact) mass is 263 g/mol. The van der Waals surface area contributed by atoms with Crippen molar-refractivity contribution in [3.63, 3.8) is 0 Å². The molecule has 1 nitrogen and oxygen atoms in total. The van der Waals surface area contributed by atoms with Crippen molar-refractivity contribution in [2.45, 2.75) is 13.0 Å². The lowest BCUT2D eigenvalue weighted by Gasteiger charge is -2.05. The van der Waals surface area contributed by atoms with E-state index in [2.05, 4.69) is 11.6 Å². The molecule has 0 aliphatic heterocycles. The number of rotatable bonds is 6. The standard InChI is InChI=1S/C11H15Cl2NS/c1-15-4-2-3-14-8-9-5-10(12)7-11(13)6-9/h5-7,14H,2-4,8H2,1H3. The van der Waals surface area contributed by atoms with Crippen molar-refractivity contribution in [2.75, 3.05) is 18.6 Å². The first-order valence-corrected chi connectivity index (χ1v) is 7.02. The van der Waals surface area contributed by atoms with Gasteiger partial charge in [0.05, 0.1) is 0 Å². The van der Waals surface area contributed by atoms with Crippen molar-refractivity contribution in [1.29, 1.82) is 0 Å². The summed E-state index contributed by atoms with van der Waals surface area (Å²) in [6.45, 7) is 1.86. The first kappa shape index (κ1) is 13.2. The molecule has 4 heteroatoms. The Bertz CT molecular complexity index is 284. The number of nitrogens with one attached hydrogen (secondary N) is 1. The van der Waals surface area contributed by atoms with Crippen LogP contribution in [0.2, 0.25) is 10.0 Å². The number of hydrogen-bond acceptors (Lipinski definition) is 2. The van der Waals surface area contributed by atoms with E-state index in [0.717, 1.165) is 18.7 Å². The summed E-state index contributed by atoms with van der Waals surface area (Å²) < 4.78 is 0. The average Bonchev–Trinajstić information content (AvgIpc) is 2.16. The lowest BCUT2D eigenvalue weighted by molar-refractivity contribution is 0.679. The maximum Gasteiger partial charge on any atom is 0.0424 e. The van der Waals surface area contributed by atoms with Crippen LogP contribution in [0, 0.1) is 0 Å². The van der Waals surface area contributed by atoms with E-state index in [9.17, 15) is 0 Å². The first-order valence-electron chi connectivity index (χ1n) is 4.87. The van der Waals surface area contributed by atoms with Crippen molar-refractivity contribution >= 4 is 35.0 Å². The van der Waals surface area contributed by atoms with Gasteiger partial charge in [-0.3, -0.25) is 0 Å². The third-order valence-electron chi connectivity index (χ3n) is 1.95. The lowest BCUT2D eigenvalue weighted by Crippen LogP contribution is -2.15. The Morgan fingerprint density at radius 3 is 2.47 bits per heavy atom. The minimum absolute atomic E-state index is 0.698. The molecule has 1 rings (SSSR count). The van der Waals surface area contributed by atoms with Crippen LogP contribution < -0.4 is 5.32 Å². The predicted octanol–water partition coefficient (Wildman–Crippen LogP) is 3.84. The molecule has 0 fully saturated rings. The Labute approximate surface area is 106 Å². The second-order valence-electron chi connectivity index (χ2n) is 3.30. The molecule has 0 aromatic heterocycles. The van der Waals surface area contributed by atoms with Gasteiger partial charge in [0.25, 0.3) is 0 Å². The molecule has 0 aliphatic rings. The van der Waals surface area contributed by atoms with E-state index in [0.29, 0.717) is 10.0 Å². The Kier molecular flexibility index (Phi) is 6.50. The molecule has 0 heterocycles. The normalized spacial score (nSPS) is 10.6. The summed E-state index contributed by atoms with van der Waals surface area (Å²) >= 11 is 13.7. The van der Waals surface area contributed by atoms with Gasteiger partial charge in [-0.15, -0.1) is 0 Å². The molecule has 0 aliphatic carbocycles. The van der Waals surface area contributed by atoms with Crippen molar-refractivity contribution in [3.05, 3.63) is 33.8 Å². The van der Waals surface area contributed by atoms with Crippen molar-refractivity contribution in [3.8, 4) is 0 Å². The Morgan fingerprint density at radius 2 is 1.87 bits per heavy atom. The Hall–Kier alpha value is 0.110. The summed E-state index contributed by atoms with van der Waals surface area (Å²) in [4.78, 5) is 0. The maximum atomic E-state index is 5.90. The summed E-state index contributed by atoms with van der Waals surface area (Å²) in [5, 5.41) is 4.76. The zero-order valence-corrected chi connectivity index (χ0v) is 11.1. The van der Waals surface area contributed by atoms with Crippen LogP contribution in [0.4, 0.5) is 0 Å². The average molecular weight is 264 g/mol. The number of benzene rings is 1. The summed E-state index contributed by atoms with van der Waals surface area (Å²) in [5.41, 5.74) is 1.14. The molecule has 1 N–H and O–H groups in total. The minimum atomic E-state index is 0.698. The molecule has 0 unspecified atom stereocenters. The number of thioether (sulfide) groups is 1. The highest BCUT2D eigenvalue weighted by Gasteiger charge is 1.97. The van der Waals surface area contributed by atoms with E-state index < -0.39 is 0 Å². The van der Waals surface area contributed by atoms with Gasteiger partial charge >= 0.3 is 0 Å². The highest BCUT2D eigenvalue weighted by atomic mass is 35.5. The zero-order chi connectivity index (χ0) is 11.1. The molecule has 15 heavy (non-hydrogen) atoms. The molecule has 0 spiro atoms. The largest absolute Gasteiger partial charge is 0.313 e. The fraction of sp³-hybridized carbons (Fsp3) is 0.455. The summed E-state index contributed by atoms with van der Waals surface area (Å²) in [5.74, 6) is 1.20. The van der Waals surface area contributed by atoms with Gasteiger partial charge in [0.1, 0.15) is 0 Å². The lowest BCUT2D eigenvalue weighted by atomic mass is 10.2. The second-order valence-corrected chi connectivity index (χ2v) is 5.16. The van der Waals surface area contributed by atoms with E-state index in [1.54, 1.807) is 6.07 Å². The fourth-order valence-corrected chi connectivity index (χ4v) is 2.29. The summed E-state index contributed by atoms with van der Waals surface area (Å²) in [7, 11) is 0. The Balaban J connectivity index is 2.31. The molecule has 0 saturated heterocycles. The van der Waals surface area contributed by atoms with Crippen molar-refractivity contribution in [2.24, 2.45) is 0 Å². The van der Waals surface area contributed by atoms with E-state index in [-0.39, 0.29) is 0 Å². The molecule has 0 amide bonds. The van der Waals surface area contributed by atoms with Gasteiger partial charge in [0.2, 0.25) is 0 Å². The van der Waals surface area contributed by atoms with Crippen LogP contribution in [-0.2, 0) is 6.54 Å². The van der Waals surface area contributed by atoms with Gasteiger partial charge in [0.15, 0.2) is 0 Å². The summed E-state index contributed by atoms with van der Waals surface area (Å²) in [6.07, 6.45) is 3.31.